The lowest BCUT2D eigenvalue weighted by molar-refractivity contribution is 0.306. The third kappa shape index (κ3) is 4.93. The number of aryl methyl sites for hydroxylation is 1. The molecule has 0 saturated carbocycles. The number of nitrogens with zero attached hydrogens (tertiary/aromatic N) is 2. The topological polar surface area (TPSA) is 60.5 Å². The number of amidine groups is 1. The van der Waals surface area contributed by atoms with E-state index < -0.39 is 0 Å². The summed E-state index contributed by atoms with van der Waals surface area (Å²) in [5, 5.41) is 2.30. The zero-order valence-electron chi connectivity index (χ0n) is 12.7. The van der Waals surface area contributed by atoms with E-state index in [1.165, 1.54) is 11.8 Å². The fourth-order valence-corrected chi connectivity index (χ4v) is 2.14. The molecule has 0 atom stereocenters. The fraction of sp³-hybridized carbons (Fsp3) is 0.176. The molecular formula is C17H19N3OS. The van der Waals surface area contributed by atoms with E-state index in [1.807, 2.05) is 61.7 Å². The minimum atomic E-state index is 0.430. The Kier molecular flexibility index (Phi) is 6.03. The SMILES string of the molecule is C/C=C/S/C(N)=N\c1ncc(C)cc1OCc1ccccc1. The Bertz CT molecular complexity index is 669. The summed E-state index contributed by atoms with van der Waals surface area (Å²) in [4.78, 5) is 8.63. The van der Waals surface area contributed by atoms with Crippen LogP contribution in [0.25, 0.3) is 0 Å². The van der Waals surface area contributed by atoms with E-state index in [1.54, 1.807) is 6.20 Å². The molecule has 0 spiro atoms. The van der Waals surface area contributed by atoms with Crippen molar-refractivity contribution in [1.82, 2.24) is 4.98 Å². The summed E-state index contributed by atoms with van der Waals surface area (Å²) >= 11 is 1.35. The number of nitrogens with two attached hydrogens (primary N) is 1. The lowest BCUT2D eigenvalue weighted by Crippen LogP contribution is -2.05. The van der Waals surface area contributed by atoms with Gasteiger partial charge in [-0.3, -0.25) is 0 Å². The highest BCUT2D eigenvalue weighted by atomic mass is 32.2. The largest absolute Gasteiger partial charge is 0.485 e. The van der Waals surface area contributed by atoms with Crippen LogP contribution >= 0.6 is 11.8 Å². The highest BCUT2D eigenvalue weighted by molar-refractivity contribution is 8.16. The Hall–Kier alpha value is -2.27. The van der Waals surface area contributed by atoms with Crippen LogP contribution in [0.15, 0.2) is 59.1 Å². The first-order chi connectivity index (χ1) is 10.7. The van der Waals surface area contributed by atoms with Gasteiger partial charge in [0.05, 0.1) is 0 Å². The van der Waals surface area contributed by atoms with Gasteiger partial charge in [0.25, 0.3) is 0 Å². The number of hydrogen-bond donors (Lipinski definition) is 1. The van der Waals surface area contributed by atoms with E-state index in [9.17, 15) is 0 Å². The Morgan fingerprint density at radius 1 is 1.36 bits per heavy atom. The number of thioether (sulfide) groups is 1. The normalized spacial score (nSPS) is 11.8. The summed E-state index contributed by atoms with van der Waals surface area (Å²) in [5.74, 6) is 1.13. The van der Waals surface area contributed by atoms with Crippen molar-refractivity contribution in [2.45, 2.75) is 20.5 Å². The standard InChI is InChI=1S/C17H19N3OS/c1-3-9-22-17(18)20-16-15(10-13(2)11-19-16)21-12-14-7-5-4-6-8-14/h3-11H,12H2,1-2H3,(H2,18,19,20)/b9-3+. The predicted molar refractivity (Wildman–Crippen MR) is 93.4 cm³/mol. The van der Waals surface area contributed by atoms with Crippen LogP contribution in [0.5, 0.6) is 5.75 Å². The van der Waals surface area contributed by atoms with Crippen molar-refractivity contribution in [2.24, 2.45) is 10.7 Å². The molecule has 22 heavy (non-hydrogen) atoms. The van der Waals surface area contributed by atoms with E-state index in [4.69, 9.17) is 10.5 Å². The molecule has 1 aromatic carbocycles. The molecule has 1 heterocycles. The van der Waals surface area contributed by atoms with Gasteiger partial charge in [0, 0.05) is 6.20 Å². The van der Waals surface area contributed by atoms with E-state index in [0.717, 1.165) is 11.1 Å². The number of rotatable bonds is 5. The van der Waals surface area contributed by atoms with Gasteiger partial charge < -0.3 is 10.5 Å². The van der Waals surface area contributed by atoms with Crippen LogP contribution in [0.2, 0.25) is 0 Å². The van der Waals surface area contributed by atoms with Crippen LogP contribution in [0, 0.1) is 6.92 Å². The molecule has 0 aliphatic rings. The van der Waals surface area contributed by atoms with Gasteiger partial charge in [-0.1, -0.05) is 48.2 Å². The molecular weight excluding hydrogens is 294 g/mol. The van der Waals surface area contributed by atoms with Crippen molar-refractivity contribution in [3.8, 4) is 5.75 Å². The minimum absolute atomic E-state index is 0.430. The maximum atomic E-state index is 5.87. The van der Waals surface area contributed by atoms with Gasteiger partial charge in [-0.25, -0.2) is 9.98 Å². The third-order valence-corrected chi connectivity index (χ3v) is 3.49. The van der Waals surface area contributed by atoms with Gasteiger partial charge in [-0.15, -0.1) is 0 Å². The Morgan fingerprint density at radius 2 is 2.14 bits per heavy atom. The van der Waals surface area contributed by atoms with Crippen molar-refractivity contribution < 1.29 is 4.74 Å². The van der Waals surface area contributed by atoms with Gasteiger partial charge in [-0.05, 0) is 36.4 Å². The molecule has 0 fully saturated rings. The van der Waals surface area contributed by atoms with Crippen molar-refractivity contribution in [1.29, 1.82) is 0 Å². The van der Waals surface area contributed by atoms with Gasteiger partial charge in [-0.2, -0.15) is 0 Å². The number of allylic oxidation sites excluding steroid dienone is 1. The average Bonchev–Trinajstić information content (AvgIpc) is 2.54. The van der Waals surface area contributed by atoms with Crippen LogP contribution in [0.1, 0.15) is 18.1 Å². The fourth-order valence-electron chi connectivity index (χ4n) is 1.73. The quantitative estimate of drug-likeness (QED) is 0.664. The first kappa shape index (κ1) is 16.1. The summed E-state index contributed by atoms with van der Waals surface area (Å²) in [6, 6.07) is 11.9. The number of aliphatic imine (C=N–C) groups is 1. The molecule has 5 heteroatoms. The van der Waals surface area contributed by atoms with E-state index in [-0.39, 0.29) is 0 Å². The zero-order valence-corrected chi connectivity index (χ0v) is 13.5. The van der Waals surface area contributed by atoms with Crippen molar-refractivity contribution in [3.63, 3.8) is 0 Å². The lowest BCUT2D eigenvalue weighted by atomic mass is 10.2. The molecule has 0 unspecified atom stereocenters. The lowest BCUT2D eigenvalue weighted by Gasteiger charge is -2.09. The molecule has 2 aromatic rings. The molecule has 0 saturated heterocycles. The van der Waals surface area contributed by atoms with Gasteiger partial charge >= 0.3 is 0 Å². The van der Waals surface area contributed by atoms with E-state index in [2.05, 4.69) is 9.98 Å². The van der Waals surface area contributed by atoms with Crippen LogP contribution in [0.3, 0.4) is 0 Å². The van der Waals surface area contributed by atoms with E-state index >= 15 is 0 Å². The minimum Gasteiger partial charge on any atom is -0.485 e. The Balaban J connectivity index is 2.17. The first-order valence-electron chi connectivity index (χ1n) is 6.94. The zero-order chi connectivity index (χ0) is 15.8. The molecule has 114 valence electrons. The van der Waals surface area contributed by atoms with Crippen LogP contribution in [-0.2, 0) is 6.61 Å². The Morgan fingerprint density at radius 3 is 2.86 bits per heavy atom. The number of benzene rings is 1. The molecule has 0 aliphatic heterocycles. The highest BCUT2D eigenvalue weighted by Gasteiger charge is 2.06. The monoisotopic (exact) mass is 313 g/mol. The number of hydrogen-bond acceptors (Lipinski definition) is 4. The highest BCUT2D eigenvalue weighted by Crippen LogP contribution is 2.27. The van der Waals surface area contributed by atoms with Crippen molar-refractivity contribution in [3.05, 3.63) is 65.2 Å². The van der Waals surface area contributed by atoms with Crippen molar-refractivity contribution in [2.75, 3.05) is 0 Å². The van der Waals surface area contributed by atoms with Crippen LogP contribution in [0.4, 0.5) is 5.82 Å². The summed E-state index contributed by atoms with van der Waals surface area (Å²) in [6.45, 7) is 4.36. The summed E-state index contributed by atoms with van der Waals surface area (Å²) < 4.78 is 5.86. The number of ether oxygens (including phenoxy) is 1. The molecule has 0 aliphatic carbocycles. The predicted octanol–water partition coefficient (Wildman–Crippen LogP) is 4.18. The summed E-state index contributed by atoms with van der Waals surface area (Å²) in [5.41, 5.74) is 7.98. The molecule has 0 bridgehead atoms. The van der Waals surface area contributed by atoms with Crippen molar-refractivity contribution >= 4 is 22.7 Å². The van der Waals surface area contributed by atoms with Crippen LogP contribution in [-0.4, -0.2) is 10.2 Å². The molecule has 1 aromatic heterocycles. The second kappa shape index (κ2) is 8.24. The summed E-state index contributed by atoms with van der Waals surface area (Å²) in [7, 11) is 0. The molecule has 2 rings (SSSR count). The maximum absolute atomic E-state index is 5.87. The second-order valence-corrected chi connectivity index (χ2v) is 5.57. The molecule has 0 amide bonds. The van der Waals surface area contributed by atoms with Gasteiger partial charge in [0.15, 0.2) is 16.7 Å². The second-order valence-electron chi connectivity index (χ2n) is 4.65. The molecule has 0 radical (unpaired) electrons. The maximum Gasteiger partial charge on any atom is 0.197 e. The first-order valence-corrected chi connectivity index (χ1v) is 7.82. The number of pyridine rings is 1. The average molecular weight is 313 g/mol. The smallest absolute Gasteiger partial charge is 0.197 e. The van der Waals surface area contributed by atoms with E-state index in [0.29, 0.717) is 23.3 Å². The number of aromatic nitrogens is 1. The van der Waals surface area contributed by atoms with Gasteiger partial charge in [0.2, 0.25) is 0 Å². The molecule has 4 nitrogen and oxygen atoms in total. The summed E-state index contributed by atoms with van der Waals surface area (Å²) in [6.07, 6.45) is 3.66. The third-order valence-electron chi connectivity index (χ3n) is 2.75. The Labute approximate surface area is 135 Å². The van der Waals surface area contributed by atoms with Crippen LogP contribution < -0.4 is 10.5 Å². The molecule has 2 N–H and O–H groups in total. The van der Waals surface area contributed by atoms with Gasteiger partial charge in [0.1, 0.15) is 6.61 Å².